The molecule has 1 N–H and O–H groups in total. The fourth-order valence-corrected chi connectivity index (χ4v) is 3.39. The van der Waals surface area contributed by atoms with Crippen LogP contribution in [-0.2, 0) is 11.3 Å². The molecule has 1 aliphatic rings. The van der Waals surface area contributed by atoms with E-state index in [0.717, 1.165) is 29.7 Å². The molecule has 2 heterocycles. The number of carboxylic acids is 1. The topological polar surface area (TPSA) is 92.5 Å². The first-order valence-electron chi connectivity index (χ1n) is 9.01. The van der Waals surface area contributed by atoms with Crippen LogP contribution < -0.4 is 5.56 Å². The van der Waals surface area contributed by atoms with E-state index in [4.69, 9.17) is 5.11 Å². The molecule has 1 fully saturated rings. The molecule has 0 bridgehead atoms. The number of aromatic nitrogens is 2. The van der Waals surface area contributed by atoms with Crippen LogP contribution in [0.4, 0.5) is 0 Å². The number of aryl methyl sites for hydroxylation is 2. The third-order valence-corrected chi connectivity index (χ3v) is 5.12. The summed E-state index contributed by atoms with van der Waals surface area (Å²) >= 11 is 0. The van der Waals surface area contributed by atoms with Gasteiger partial charge in [-0.3, -0.25) is 9.59 Å². The van der Waals surface area contributed by atoms with E-state index >= 15 is 0 Å². The molecule has 0 saturated carbocycles. The Morgan fingerprint density at radius 2 is 1.93 bits per heavy atom. The molecule has 142 valence electrons. The third-order valence-electron chi connectivity index (χ3n) is 5.12. The predicted octanol–water partition coefficient (Wildman–Crippen LogP) is 1.96. The highest BCUT2D eigenvalue weighted by Gasteiger charge is 2.25. The van der Waals surface area contributed by atoms with Gasteiger partial charge in [0.05, 0.1) is 11.3 Å². The Labute approximate surface area is 157 Å². The molecule has 7 heteroatoms. The number of nitrogens with zero attached hydrogens (tertiary/aromatic N) is 3. The maximum atomic E-state index is 12.7. The molecule has 0 spiro atoms. The zero-order chi connectivity index (χ0) is 19.6. The van der Waals surface area contributed by atoms with E-state index in [-0.39, 0.29) is 29.5 Å². The summed E-state index contributed by atoms with van der Waals surface area (Å²) in [4.78, 5) is 37.5. The lowest BCUT2D eigenvalue weighted by Gasteiger charge is -2.33. The van der Waals surface area contributed by atoms with Crippen molar-refractivity contribution in [1.82, 2.24) is 14.7 Å². The number of carbonyl (C=O) groups is 2. The lowest BCUT2D eigenvalue weighted by molar-refractivity contribution is -0.133. The SMILES string of the molecule is Cc1cc(=O)n(CC(=O)N2CCC[C@@H](c3ccc(C(=O)O)cc3)C2)nc1C. The smallest absolute Gasteiger partial charge is 0.335 e. The van der Waals surface area contributed by atoms with Crippen molar-refractivity contribution in [3.05, 3.63) is 63.1 Å². The first kappa shape index (κ1) is 18.8. The number of rotatable bonds is 4. The van der Waals surface area contributed by atoms with E-state index in [1.54, 1.807) is 17.0 Å². The van der Waals surface area contributed by atoms with E-state index in [9.17, 15) is 14.4 Å². The van der Waals surface area contributed by atoms with Crippen LogP contribution in [-0.4, -0.2) is 44.8 Å². The predicted molar refractivity (Wildman–Crippen MR) is 99.9 cm³/mol. The standard InChI is InChI=1S/C20H23N3O4/c1-13-10-18(24)23(21-14(13)2)12-19(25)22-9-3-4-17(11-22)15-5-7-16(8-6-15)20(26)27/h5-8,10,17H,3-4,9,11-12H2,1-2H3,(H,26,27)/t17-/m1/s1. The van der Waals surface area contributed by atoms with Crippen molar-refractivity contribution in [2.75, 3.05) is 13.1 Å². The zero-order valence-electron chi connectivity index (χ0n) is 15.5. The van der Waals surface area contributed by atoms with Crippen LogP contribution in [0.1, 0.15) is 45.9 Å². The van der Waals surface area contributed by atoms with E-state index in [1.807, 2.05) is 26.0 Å². The summed E-state index contributed by atoms with van der Waals surface area (Å²) in [5, 5.41) is 13.2. The van der Waals surface area contributed by atoms with Gasteiger partial charge in [0.1, 0.15) is 6.54 Å². The highest BCUT2D eigenvalue weighted by Crippen LogP contribution is 2.27. The lowest BCUT2D eigenvalue weighted by Crippen LogP contribution is -2.42. The summed E-state index contributed by atoms with van der Waals surface area (Å²) in [6.07, 6.45) is 1.81. The Hall–Kier alpha value is -2.96. The van der Waals surface area contributed by atoms with Crippen LogP contribution in [0.25, 0.3) is 0 Å². The van der Waals surface area contributed by atoms with Gasteiger partial charge in [-0.2, -0.15) is 5.10 Å². The van der Waals surface area contributed by atoms with Gasteiger partial charge in [-0.25, -0.2) is 9.48 Å². The molecule has 1 aromatic carbocycles. The number of piperidine rings is 1. The van der Waals surface area contributed by atoms with Crippen LogP contribution in [0, 0.1) is 13.8 Å². The van der Waals surface area contributed by atoms with Gasteiger partial charge in [0, 0.05) is 25.1 Å². The summed E-state index contributed by atoms with van der Waals surface area (Å²) in [6.45, 7) is 4.78. The molecule has 0 aliphatic carbocycles. The van der Waals surface area contributed by atoms with E-state index in [2.05, 4.69) is 5.10 Å². The summed E-state index contributed by atoms with van der Waals surface area (Å²) in [5.41, 5.74) is 2.55. The van der Waals surface area contributed by atoms with Crippen molar-refractivity contribution >= 4 is 11.9 Å². The van der Waals surface area contributed by atoms with E-state index in [0.29, 0.717) is 13.1 Å². The van der Waals surface area contributed by atoms with Gasteiger partial charge in [-0.1, -0.05) is 12.1 Å². The molecule has 7 nitrogen and oxygen atoms in total. The molecule has 1 aromatic heterocycles. The number of likely N-dealkylation sites (tertiary alicyclic amines) is 1. The van der Waals surface area contributed by atoms with Crippen molar-refractivity contribution in [2.45, 2.75) is 39.2 Å². The second-order valence-corrected chi connectivity index (χ2v) is 7.01. The molecule has 27 heavy (non-hydrogen) atoms. The fraction of sp³-hybridized carbons (Fsp3) is 0.400. The Kier molecular flexibility index (Phi) is 5.39. The normalized spacial score (nSPS) is 17.0. The molecular formula is C20H23N3O4. The summed E-state index contributed by atoms with van der Waals surface area (Å²) in [7, 11) is 0. The van der Waals surface area contributed by atoms with E-state index in [1.165, 1.54) is 10.7 Å². The molecule has 1 amide bonds. The molecule has 1 aliphatic heterocycles. The Balaban J connectivity index is 1.70. The summed E-state index contributed by atoms with van der Waals surface area (Å²) in [6, 6.07) is 8.32. The minimum absolute atomic E-state index is 0.0649. The quantitative estimate of drug-likeness (QED) is 0.889. The van der Waals surface area contributed by atoms with Gasteiger partial charge in [-0.05, 0) is 49.9 Å². The average molecular weight is 369 g/mol. The first-order valence-corrected chi connectivity index (χ1v) is 9.01. The second kappa shape index (κ2) is 7.73. The largest absolute Gasteiger partial charge is 0.478 e. The Bertz CT molecular complexity index is 918. The third kappa shape index (κ3) is 4.24. The maximum absolute atomic E-state index is 12.7. The van der Waals surface area contributed by atoms with Crippen molar-refractivity contribution in [2.24, 2.45) is 0 Å². The average Bonchev–Trinajstić information content (AvgIpc) is 2.66. The summed E-state index contributed by atoms with van der Waals surface area (Å²) < 4.78 is 1.22. The highest BCUT2D eigenvalue weighted by molar-refractivity contribution is 5.87. The van der Waals surface area contributed by atoms with E-state index < -0.39 is 5.97 Å². The monoisotopic (exact) mass is 369 g/mol. The van der Waals surface area contributed by atoms with Crippen LogP contribution in [0.2, 0.25) is 0 Å². The lowest BCUT2D eigenvalue weighted by atomic mass is 9.90. The Morgan fingerprint density at radius 1 is 1.22 bits per heavy atom. The number of hydrogen-bond donors (Lipinski definition) is 1. The first-order chi connectivity index (χ1) is 12.8. The van der Waals surface area contributed by atoms with Crippen LogP contribution >= 0.6 is 0 Å². The zero-order valence-corrected chi connectivity index (χ0v) is 15.5. The molecule has 2 aromatic rings. The van der Waals surface area contributed by atoms with Crippen LogP contribution in [0.5, 0.6) is 0 Å². The van der Waals surface area contributed by atoms with Gasteiger partial charge in [0.15, 0.2) is 0 Å². The van der Waals surface area contributed by atoms with Crippen molar-refractivity contribution in [1.29, 1.82) is 0 Å². The molecule has 1 saturated heterocycles. The molecule has 0 radical (unpaired) electrons. The highest BCUT2D eigenvalue weighted by atomic mass is 16.4. The van der Waals surface area contributed by atoms with Gasteiger partial charge in [-0.15, -0.1) is 0 Å². The van der Waals surface area contributed by atoms with Crippen molar-refractivity contribution < 1.29 is 14.7 Å². The van der Waals surface area contributed by atoms with Gasteiger partial charge >= 0.3 is 5.97 Å². The number of amides is 1. The summed E-state index contributed by atoms with van der Waals surface area (Å²) in [5.74, 6) is -0.914. The number of carboxylic acid groups (broad SMARTS) is 1. The van der Waals surface area contributed by atoms with Gasteiger partial charge in [0.2, 0.25) is 5.91 Å². The van der Waals surface area contributed by atoms with Crippen molar-refractivity contribution in [3.63, 3.8) is 0 Å². The van der Waals surface area contributed by atoms with Crippen LogP contribution in [0.15, 0.2) is 35.1 Å². The molecule has 1 atom stereocenters. The van der Waals surface area contributed by atoms with Crippen molar-refractivity contribution in [3.8, 4) is 0 Å². The fourth-order valence-electron chi connectivity index (χ4n) is 3.39. The minimum Gasteiger partial charge on any atom is -0.478 e. The number of benzene rings is 1. The number of carbonyl (C=O) groups excluding carboxylic acids is 1. The number of aromatic carboxylic acids is 1. The number of hydrogen-bond acceptors (Lipinski definition) is 4. The molecular weight excluding hydrogens is 346 g/mol. The molecule has 3 rings (SSSR count). The maximum Gasteiger partial charge on any atom is 0.335 e. The van der Waals surface area contributed by atoms with Crippen LogP contribution in [0.3, 0.4) is 0 Å². The second-order valence-electron chi connectivity index (χ2n) is 7.01. The van der Waals surface area contributed by atoms with Gasteiger partial charge in [0.25, 0.3) is 5.56 Å². The Morgan fingerprint density at radius 3 is 2.59 bits per heavy atom. The minimum atomic E-state index is -0.951. The molecule has 0 unspecified atom stereocenters. The van der Waals surface area contributed by atoms with Gasteiger partial charge < -0.3 is 10.0 Å².